The smallest absolute Gasteiger partial charge is 0.270 e. The lowest BCUT2D eigenvalue weighted by Gasteiger charge is -2.22. The number of aryl methyl sites for hydroxylation is 1. The predicted octanol–water partition coefficient (Wildman–Crippen LogP) is 2.21. The van der Waals surface area contributed by atoms with Gasteiger partial charge in [0.05, 0.1) is 6.61 Å². The van der Waals surface area contributed by atoms with Crippen LogP contribution in [0.5, 0.6) is 0 Å². The summed E-state index contributed by atoms with van der Waals surface area (Å²) >= 11 is 0. The number of benzene rings is 1. The molecule has 0 aliphatic rings. The highest BCUT2D eigenvalue weighted by molar-refractivity contribution is 5.98. The van der Waals surface area contributed by atoms with Crippen LogP contribution < -0.4 is 0 Å². The lowest BCUT2D eigenvalue weighted by molar-refractivity contribution is 0.0698. The third-order valence-electron chi connectivity index (χ3n) is 3.92. The van der Waals surface area contributed by atoms with Gasteiger partial charge in [-0.25, -0.2) is 0 Å². The fraction of sp³-hybridized carbons (Fsp3) is 0.222. The van der Waals surface area contributed by atoms with E-state index in [0.717, 1.165) is 16.5 Å². The van der Waals surface area contributed by atoms with Crippen molar-refractivity contribution in [2.24, 2.45) is 7.05 Å². The standard InChI is InChI=1S/C18H19N3O2/c1-20-16-7-3-2-6-15(16)11-17(20)18(23)21(9-10-22)13-14-5-4-8-19-12-14/h2-8,11-12,22H,9-10,13H2,1H3. The van der Waals surface area contributed by atoms with Gasteiger partial charge in [0.2, 0.25) is 0 Å². The van der Waals surface area contributed by atoms with E-state index in [1.807, 2.05) is 54.1 Å². The molecule has 1 N–H and O–H groups in total. The van der Waals surface area contributed by atoms with Crippen molar-refractivity contribution < 1.29 is 9.90 Å². The van der Waals surface area contributed by atoms with Gasteiger partial charge in [0.25, 0.3) is 5.91 Å². The van der Waals surface area contributed by atoms with Gasteiger partial charge in [0, 0.05) is 43.4 Å². The molecule has 0 saturated heterocycles. The number of nitrogens with zero attached hydrogens (tertiary/aromatic N) is 3. The number of carbonyl (C=O) groups is 1. The van der Waals surface area contributed by atoms with Crippen LogP contribution in [-0.4, -0.2) is 38.6 Å². The molecule has 0 atom stereocenters. The molecule has 1 aromatic carbocycles. The fourth-order valence-corrected chi connectivity index (χ4v) is 2.74. The Bertz CT molecular complexity index is 812. The van der Waals surface area contributed by atoms with Gasteiger partial charge >= 0.3 is 0 Å². The van der Waals surface area contributed by atoms with Crippen molar-refractivity contribution in [3.8, 4) is 0 Å². The minimum Gasteiger partial charge on any atom is -0.395 e. The van der Waals surface area contributed by atoms with E-state index in [1.165, 1.54) is 0 Å². The maximum Gasteiger partial charge on any atom is 0.270 e. The average molecular weight is 309 g/mol. The summed E-state index contributed by atoms with van der Waals surface area (Å²) in [6, 6.07) is 13.5. The molecule has 23 heavy (non-hydrogen) atoms. The number of rotatable bonds is 5. The van der Waals surface area contributed by atoms with Crippen molar-refractivity contribution >= 4 is 16.8 Å². The summed E-state index contributed by atoms with van der Waals surface area (Å²) in [5, 5.41) is 10.3. The molecular formula is C18H19N3O2. The van der Waals surface area contributed by atoms with Gasteiger partial charge in [-0.3, -0.25) is 9.78 Å². The maximum atomic E-state index is 12.9. The first-order chi connectivity index (χ1) is 11.2. The number of amides is 1. The summed E-state index contributed by atoms with van der Waals surface area (Å²) in [6.45, 7) is 0.639. The summed E-state index contributed by atoms with van der Waals surface area (Å²) in [6.07, 6.45) is 3.44. The molecule has 2 aromatic heterocycles. The van der Waals surface area contributed by atoms with Crippen LogP contribution in [0.2, 0.25) is 0 Å². The first kappa shape index (κ1) is 15.2. The lowest BCUT2D eigenvalue weighted by Crippen LogP contribution is -2.34. The van der Waals surface area contributed by atoms with Crippen molar-refractivity contribution in [1.82, 2.24) is 14.5 Å². The van der Waals surface area contributed by atoms with Gasteiger partial charge in [0.15, 0.2) is 0 Å². The number of aliphatic hydroxyl groups excluding tert-OH is 1. The molecule has 3 aromatic rings. The molecule has 0 bridgehead atoms. The molecule has 3 rings (SSSR count). The van der Waals surface area contributed by atoms with E-state index in [2.05, 4.69) is 4.98 Å². The minimum absolute atomic E-state index is 0.0735. The highest BCUT2D eigenvalue weighted by atomic mass is 16.3. The number of hydrogen-bond donors (Lipinski definition) is 1. The molecule has 2 heterocycles. The third kappa shape index (κ3) is 3.10. The molecular weight excluding hydrogens is 290 g/mol. The van der Waals surface area contributed by atoms with Gasteiger partial charge in [-0.15, -0.1) is 0 Å². The number of hydrogen-bond acceptors (Lipinski definition) is 3. The summed E-state index contributed by atoms with van der Waals surface area (Å²) in [5.41, 5.74) is 2.57. The number of aromatic nitrogens is 2. The monoisotopic (exact) mass is 309 g/mol. The van der Waals surface area contributed by atoms with Crippen LogP contribution in [0.1, 0.15) is 16.1 Å². The van der Waals surface area contributed by atoms with Gasteiger partial charge in [-0.2, -0.15) is 0 Å². The van der Waals surface area contributed by atoms with Crippen molar-refractivity contribution in [3.63, 3.8) is 0 Å². The van der Waals surface area contributed by atoms with Gasteiger partial charge < -0.3 is 14.6 Å². The van der Waals surface area contributed by atoms with E-state index in [-0.39, 0.29) is 19.1 Å². The first-order valence-electron chi connectivity index (χ1n) is 7.54. The normalized spacial score (nSPS) is 10.9. The third-order valence-corrected chi connectivity index (χ3v) is 3.92. The van der Waals surface area contributed by atoms with Gasteiger partial charge in [0.1, 0.15) is 5.69 Å². The van der Waals surface area contributed by atoms with Crippen LogP contribution in [0.25, 0.3) is 10.9 Å². The van der Waals surface area contributed by atoms with E-state index in [9.17, 15) is 9.90 Å². The van der Waals surface area contributed by atoms with Crippen LogP contribution in [0, 0.1) is 0 Å². The summed E-state index contributed by atoms with van der Waals surface area (Å²) in [4.78, 5) is 18.6. The Morgan fingerprint density at radius 1 is 1.26 bits per heavy atom. The Morgan fingerprint density at radius 3 is 2.78 bits per heavy atom. The summed E-state index contributed by atoms with van der Waals surface area (Å²) in [7, 11) is 1.89. The van der Waals surface area contributed by atoms with E-state index in [0.29, 0.717) is 12.2 Å². The highest BCUT2D eigenvalue weighted by Gasteiger charge is 2.20. The van der Waals surface area contributed by atoms with Crippen molar-refractivity contribution in [2.75, 3.05) is 13.2 Å². The second kappa shape index (κ2) is 6.62. The van der Waals surface area contributed by atoms with Crippen LogP contribution in [0.4, 0.5) is 0 Å². The van der Waals surface area contributed by atoms with Crippen LogP contribution >= 0.6 is 0 Å². The fourth-order valence-electron chi connectivity index (χ4n) is 2.74. The molecule has 0 spiro atoms. The van der Waals surface area contributed by atoms with Crippen molar-refractivity contribution in [3.05, 3.63) is 66.1 Å². The lowest BCUT2D eigenvalue weighted by atomic mass is 10.2. The largest absolute Gasteiger partial charge is 0.395 e. The molecule has 5 nitrogen and oxygen atoms in total. The van der Waals surface area contributed by atoms with Crippen LogP contribution in [-0.2, 0) is 13.6 Å². The van der Waals surface area contributed by atoms with Crippen LogP contribution in [0.15, 0.2) is 54.9 Å². The number of para-hydroxylation sites is 1. The molecule has 0 aliphatic carbocycles. The van der Waals surface area contributed by atoms with Gasteiger partial charge in [-0.05, 0) is 23.8 Å². The number of fused-ring (bicyclic) bond motifs is 1. The molecule has 0 unspecified atom stereocenters. The molecule has 0 radical (unpaired) electrons. The predicted molar refractivity (Wildman–Crippen MR) is 89.0 cm³/mol. The number of aliphatic hydroxyl groups is 1. The zero-order valence-corrected chi connectivity index (χ0v) is 13.0. The number of pyridine rings is 1. The van der Waals surface area contributed by atoms with Crippen LogP contribution in [0.3, 0.4) is 0 Å². The quantitative estimate of drug-likeness (QED) is 0.786. The Labute approximate surface area is 134 Å². The van der Waals surface area contributed by atoms with E-state index in [1.54, 1.807) is 17.3 Å². The van der Waals surface area contributed by atoms with Crippen molar-refractivity contribution in [2.45, 2.75) is 6.54 Å². The van der Waals surface area contributed by atoms with Crippen molar-refractivity contribution in [1.29, 1.82) is 0 Å². The average Bonchev–Trinajstić information content (AvgIpc) is 2.92. The molecule has 118 valence electrons. The maximum absolute atomic E-state index is 12.9. The minimum atomic E-state index is -0.0957. The molecule has 0 aliphatic heterocycles. The van der Waals surface area contributed by atoms with E-state index in [4.69, 9.17) is 0 Å². The Balaban J connectivity index is 1.92. The Hall–Kier alpha value is -2.66. The number of carbonyl (C=O) groups excluding carboxylic acids is 1. The molecule has 0 saturated carbocycles. The van der Waals surface area contributed by atoms with Gasteiger partial charge in [-0.1, -0.05) is 24.3 Å². The SMILES string of the molecule is Cn1c(C(=O)N(CCO)Cc2cccnc2)cc2ccccc21. The second-order valence-electron chi connectivity index (χ2n) is 5.46. The van der Waals surface area contributed by atoms with E-state index < -0.39 is 0 Å². The highest BCUT2D eigenvalue weighted by Crippen LogP contribution is 2.20. The second-order valence-corrected chi connectivity index (χ2v) is 5.46. The summed E-state index contributed by atoms with van der Waals surface area (Å²) < 4.78 is 1.89. The zero-order valence-electron chi connectivity index (χ0n) is 13.0. The Morgan fingerprint density at radius 2 is 2.09 bits per heavy atom. The zero-order chi connectivity index (χ0) is 16.2. The Kier molecular flexibility index (Phi) is 4.39. The molecule has 0 fully saturated rings. The molecule has 5 heteroatoms. The topological polar surface area (TPSA) is 58.4 Å². The first-order valence-corrected chi connectivity index (χ1v) is 7.54. The summed E-state index contributed by atoms with van der Waals surface area (Å²) in [5.74, 6) is -0.0957. The van der Waals surface area contributed by atoms with E-state index >= 15 is 0 Å². The molecule has 1 amide bonds.